The van der Waals surface area contributed by atoms with Gasteiger partial charge in [0.1, 0.15) is 11.6 Å². The summed E-state index contributed by atoms with van der Waals surface area (Å²) in [5.74, 6) is -2.04. The largest absolute Gasteiger partial charge is 0.443 e. The number of piperidine rings is 1. The Kier molecular flexibility index (Phi) is 5.16. The van der Waals surface area contributed by atoms with E-state index in [0.717, 1.165) is 4.90 Å². The molecular weight excluding hydrogens is 378 g/mol. The van der Waals surface area contributed by atoms with Crippen LogP contribution in [0.15, 0.2) is 18.2 Å². The van der Waals surface area contributed by atoms with Crippen molar-refractivity contribution in [2.75, 3.05) is 7.05 Å². The third-order valence-electron chi connectivity index (χ3n) is 4.75. The number of amides is 5. The number of benzene rings is 1. The van der Waals surface area contributed by atoms with Crippen molar-refractivity contribution >= 4 is 29.7 Å². The van der Waals surface area contributed by atoms with E-state index in [1.807, 2.05) is 0 Å². The maximum atomic E-state index is 13.0. The maximum Gasteiger partial charge on any atom is 0.417 e. The van der Waals surface area contributed by atoms with Crippen LogP contribution in [0.1, 0.15) is 59.9 Å². The van der Waals surface area contributed by atoms with Crippen LogP contribution in [0.5, 0.6) is 0 Å². The van der Waals surface area contributed by atoms with Crippen molar-refractivity contribution in [3.05, 3.63) is 34.9 Å². The molecule has 0 aliphatic carbocycles. The van der Waals surface area contributed by atoms with E-state index in [-0.39, 0.29) is 36.4 Å². The second kappa shape index (κ2) is 7.31. The minimum absolute atomic E-state index is 0.0654. The lowest BCUT2D eigenvalue weighted by Gasteiger charge is -2.29. The highest BCUT2D eigenvalue weighted by Gasteiger charge is 2.41. The molecule has 5 amide bonds. The van der Waals surface area contributed by atoms with E-state index in [0.29, 0.717) is 5.56 Å². The predicted octanol–water partition coefficient (Wildman–Crippen LogP) is 1.45. The van der Waals surface area contributed by atoms with Crippen LogP contribution in [0.2, 0.25) is 0 Å². The molecule has 29 heavy (non-hydrogen) atoms. The third kappa shape index (κ3) is 3.98. The smallest absolute Gasteiger partial charge is 0.417 e. The van der Waals surface area contributed by atoms with Crippen LogP contribution in [-0.2, 0) is 20.9 Å². The summed E-state index contributed by atoms with van der Waals surface area (Å²) in [5, 5.41) is 2.24. The van der Waals surface area contributed by atoms with Crippen LogP contribution in [0, 0.1) is 0 Å². The van der Waals surface area contributed by atoms with Gasteiger partial charge in [-0.1, -0.05) is 12.1 Å². The van der Waals surface area contributed by atoms with Gasteiger partial charge in [0.15, 0.2) is 0 Å². The molecule has 0 aromatic heterocycles. The van der Waals surface area contributed by atoms with Gasteiger partial charge >= 0.3 is 6.09 Å². The normalized spacial score (nSPS) is 19.0. The monoisotopic (exact) mass is 401 g/mol. The van der Waals surface area contributed by atoms with Gasteiger partial charge in [-0.15, -0.1) is 0 Å². The van der Waals surface area contributed by atoms with Gasteiger partial charge in [0.25, 0.3) is 11.8 Å². The molecule has 154 valence electrons. The zero-order valence-corrected chi connectivity index (χ0v) is 16.8. The van der Waals surface area contributed by atoms with Crippen LogP contribution < -0.4 is 5.32 Å². The van der Waals surface area contributed by atoms with Crippen molar-refractivity contribution in [1.82, 2.24) is 15.1 Å². The Balaban J connectivity index is 1.86. The van der Waals surface area contributed by atoms with Gasteiger partial charge in [0.2, 0.25) is 11.8 Å². The second-order valence-electron chi connectivity index (χ2n) is 8.08. The SMILES string of the molecule is CN(C(=O)OC(C)(C)C)C(=O)c1cccc2c1C(=O)N(C1CCC(=O)NC1=O)C2. The quantitative estimate of drug-likeness (QED) is 0.751. The Morgan fingerprint density at radius 2 is 1.90 bits per heavy atom. The summed E-state index contributed by atoms with van der Waals surface area (Å²) in [6.07, 6.45) is -0.456. The summed E-state index contributed by atoms with van der Waals surface area (Å²) in [6.45, 7) is 5.21. The van der Waals surface area contributed by atoms with E-state index in [1.165, 1.54) is 18.0 Å². The fourth-order valence-corrected chi connectivity index (χ4v) is 3.39. The van der Waals surface area contributed by atoms with Gasteiger partial charge in [0.05, 0.1) is 11.1 Å². The number of carbonyl (C=O) groups excluding carboxylic acids is 5. The molecule has 1 unspecified atom stereocenters. The number of ether oxygens (including phenoxy) is 1. The minimum Gasteiger partial charge on any atom is -0.443 e. The molecule has 1 atom stereocenters. The number of fused-ring (bicyclic) bond motifs is 1. The number of imide groups is 2. The summed E-state index contributed by atoms with van der Waals surface area (Å²) in [7, 11) is 1.28. The summed E-state index contributed by atoms with van der Waals surface area (Å²) < 4.78 is 5.21. The molecule has 0 spiro atoms. The lowest BCUT2D eigenvalue weighted by molar-refractivity contribution is -0.136. The Hall–Kier alpha value is -3.23. The predicted molar refractivity (Wildman–Crippen MR) is 101 cm³/mol. The number of carbonyl (C=O) groups is 5. The maximum absolute atomic E-state index is 13.0. The molecule has 1 aromatic carbocycles. The topological polar surface area (TPSA) is 113 Å². The van der Waals surface area contributed by atoms with Crippen LogP contribution in [0.3, 0.4) is 0 Å². The number of nitrogens with zero attached hydrogens (tertiary/aromatic N) is 2. The zero-order valence-electron chi connectivity index (χ0n) is 16.8. The van der Waals surface area contributed by atoms with Crippen LogP contribution in [0.4, 0.5) is 4.79 Å². The van der Waals surface area contributed by atoms with Crippen LogP contribution >= 0.6 is 0 Å². The van der Waals surface area contributed by atoms with Crippen LogP contribution in [-0.4, -0.2) is 58.2 Å². The Bertz CT molecular complexity index is 917. The third-order valence-corrected chi connectivity index (χ3v) is 4.75. The first kappa shape index (κ1) is 20.5. The van der Waals surface area contributed by atoms with Crippen molar-refractivity contribution in [3.63, 3.8) is 0 Å². The molecule has 1 fully saturated rings. The molecule has 2 aliphatic heterocycles. The van der Waals surface area contributed by atoms with Gasteiger partial charge in [-0.05, 0) is 38.8 Å². The average Bonchev–Trinajstić information content (AvgIpc) is 2.96. The highest BCUT2D eigenvalue weighted by Crippen LogP contribution is 2.30. The molecule has 9 nitrogen and oxygen atoms in total. The Labute approximate surface area is 168 Å². The molecule has 1 aromatic rings. The Morgan fingerprint density at radius 1 is 1.21 bits per heavy atom. The first-order valence-electron chi connectivity index (χ1n) is 9.27. The van der Waals surface area contributed by atoms with Crippen molar-refractivity contribution in [2.45, 2.75) is 51.8 Å². The number of hydrogen-bond acceptors (Lipinski definition) is 6. The lowest BCUT2D eigenvalue weighted by Crippen LogP contribution is -2.52. The van der Waals surface area contributed by atoms with Crippen molar-refractivity contribution in [2.24, 2.45) is 0 Å². The van der Waals surface area contributed by atoms with Gasteiger partial charge in [-0.3, -0.25) is 24.5 Å². The standard InChI is InChI=1S/C20H23N3O6/c1-20(2,3)29-19(28)22(4)17(26)12-7-5-6-11-10-23(18(27)15(11)12)13-8-9-14(24)21-16(13)25/h5-7,13H,8-10H2,1-4H3,(H,21,24,25). The molecule has 0 bridgehead atoms. The number of nitrogens with one attached hydrogen (secondary N) is 1. The van der Waals surface area contributed by atoms with Gasteiger partial charge in [-0.25, -0.2) is 9.69 Å². The summed E-state index contributed by atoms with van der Waals surface area (Å²) >= 11 is 0. The zero-order chi connectivity index (χ0) is 21.5. The molecule has 9 heteroatoms. The molecular formula is C20H23N3O6. The first-order chi connectivity index (χ1) is 13.5. The van der Waals surface area contributed by atoms with Crippen molar-refractivity contribution in [3.8, 4) is 0 Å². The summed E-state index contributed by atoms with van der Waals surface area (Å²) in [5.41, 5.74) is 0.0410. The van der Waals surface area contributed by atoms with E-state index in [1.54, 1.807) is 32.9 Å². The lowest BCUT2D eigenvalue weighted by atomic mass is 10.0. The molecule has 0 radical (unpaired) electrons. The van der Waals surface area contributed by atoms with E-state index >= 15 is 0 Å². The van der Waals surface area contributed by atoms with E-state index < -0.39 is 35.5 Å². The number of hydrogen-bond donors (Lipinski definition) is 1. The highest BCUT2D eigenvalue weighted by atomic mass is 16.6. The second-order valence-corrected chi connectivity index (χ2v) is 8.08. The van der Waals surface area contributed by atoms with Gasteiger partial charge < -0.3 is 9.64 Å². The number of rotatable bonds is 2. The van der Waals surface area contributed by atoms with Gasteiger partial charge in [-0.2, -0.15) is 0 Å². The molecule has 2 heterocycles. The van der Waals surface area contributed by atoms with Crippen molar-refractivity contribution < 1.29 is 28.7 Å². The molecule has 1 N–H and O–H groups in total. The summed E-state index contributed by atoms with van der Waals surface area (Å²) in [4.78, 5) is 63.9. The van der Waals surface area contributed by atoms with E-state index in [9.17, 15) is 24.0 Å². The molecule has 3 rings (SSSR count). The van der Waals surface area contributed by atoms with E-state index in [2.05, 4.69) is 5.32 Å². The molecule has 0 saturated carbocycles. The molecule has 2 aliphatic rings. The fraction of sp³-hybridized carbons (Fsp3) is 0.450. The van der Waals surface area contributed by atoms with Gasteiger partial charge in [0, 0.05) is 20.0 Å². The molecule has 1 saturated heterocycles. The minimum atomic E-state index is -0.826. The Morgan fingerprint density at radius 3 is 2.52 bits per heavy atom. The van der Waals surface area contributed by atoms with Crippen molar-refractivity contribution in [1.29, 1.82) is 0 Å². The fourth-order valence-electron chi connectivity index (χ4n) is 3.39. The average molecular weight is 401 g/mol. The first-order valence-corrected chi connectivity index (χ1v) is 9.27. The van der Waals surface area contributed by atoms with Crippen LogP contribution in [0.25, 0.3) is 0 Å². The highest BCUT2D eigenvalue weighted by molar-refractivity contribution is 6.13. The van der Waals surface area contributed by atoms with E-state index in [4.69, 9.17) is 4.74 Å². The summed E-state index contributed by atoms with van der Waals surface area (Å²) in [6, 6.07) is 4.01.